The second-order valence-corrected chi connectivity index (χ2v) is 6.63. The Labute approximate surface area is 147 Å². The molecule has 25 heavy (non-hydrogen) atoms. The maximum Gasteiger partial charge on any atom is 0.255 e. The summed E-state index contributed by atoms with van der Waals surface area (Å²) in [7, 11) is 0. The lowest BCUT2D eigenvalue weighted by atomic mass is 10.1. The lowest BCUT2D eigenvalue weighted by Crippen LogP contribution is -2.42. The third-order valence-corrected chi connectivity index (χ3v) is 4.79. The summed E-state index contributed by atoms with van der Waals surface area (Å²) in [5.74, 6) is 1.80. The SMILES string of the molecule is Cc1cn2c(n1)CCC(NC(=O)c1cccnc1N1CCOCC1)C2. The van der Waals surface area contributed by atoms with E-state index >= 15 is 0 Å². The molecule has 2 aromatic heterocycles. The van der Waals surface area contributed by atoms with Crippen molar-refractivity contribution >= 4 is 11.7 Å². The van der Waals surface area contributed by atoms with Crippen LogP contribution in [0.4, 0.5) is 5.82 Å². The predicted octanol–water partition coefficient (Wildman–Crippen LogP) is 1.17. The molecule has 2 aliphatic heterocycles. The van der Waals surface area contributed by atoms with Crippen molar-refractivity contribution in [2.45, 2.75) is 32.4 Å². The van der Waals surface area contributed by atoms with Gasteiger partial charge in [-0.3, -0.25) is 4.79 Å². The highest BCUT2D eigenvalue weighted by Gasteiger charge is 2.24. The fourth-order valence-corrected chi connectivity index (χ4v) is 3.57. The molecule has 7 heteroatoms. The number of rotatable bonds is 3. The topological polar surface area (TPSA) is 72.3 Å². The zero-order chi connectivity index (χ0) is 17.2. The van der Waals surface area contributed by atoms with Gasteiger partial charge in [0.2, 0.25) is 0 Å². The molecule has 1 fully saturated rings. The summed E-state index contributed by atoms with van der Waals surface area (Å²) in [6, 6.07) is 3.78. The number of pyridine rings is 1. The van der Waals surface area contributed by atoms with Gasteiger partial charge >= 0.3 is 0 Å². The Hall–Kier alpha value is -2.41. The van der Waals surface area contributed by atoms with Crippen LogP contribution >= 0.6 is 0 Å². The van der Waals surface area contributed by atoms with Gasteiger partial charge < -0.3 is 19.5 Å². The van der Waals surface area contributed by atoms with Gasteiger partial charge in [-0.2, -0.15) is 0 Å². The van der Waals surface area contributed by atoms with E-state index in [-0.39, 0.29) is 11.9 Å². The van der Waals surface area contributed by atoms with Crippen LogP contribution in [0.2, 0.25) is 0 Å². The van der Waals surface area contributed by atoms with Gasteiger partial charge in [-0.15, -0.1) is 0 Å². The first-order valence-electron chi connectivity index (χ1n) is 8.82. The van der Waals surface area contributed by atoms with Gasteiger partial charge in [0.05, 0.1) is 24.5 Å². The van der Waals surface area contributed by atoms with E-state index in [0.29, 0.717) is 18.8 Å². The second kappa shape index (κ2) is 6.84. The van der Waals surface area contributed by atoms with Crippen molar-refractivity contribution in [2.24, 2.45) is 0 Å². The van der Waals surface area contributed by atoms with Gasteiger partial charge in [-0.1, -0.05) is 0 Å². The maximum absolute atomic E-state index is 12.9. The summed E-state index contributed by atoms with van der Waals surface area (Å²) in [4.78, 5) is 24.0. The van der Waals surface area contributed by atoms with E-state index in [9.17, 15) is 4.79 Å². The molecule has 2 aromatic rings. The van der Waals surface area contributed by atoms with Crippen molar-refractivity contribution in [2.75, 3.05) is 31.2 Å². The van der Waals surface area contributed by atoms with E-state index in [0.717, 1.165) is 49.8 Å². The number of anilines is 1. The predicted molar refractivity (Wildman–Crippen MR) is 93.8 cm³/mol. The lowest BCUT2D eigenvalue weighted by Gasteiger charge is -2.30. The number of amides is 1. The number of fused-ring (bicyclic) bond motifs is 1. The van der Waals surface area contributed by atoms with Crippen molar-refractivity contribution in [1.82, 2.24) is 19.9 Å². The van der Waals surface area contributed by atoms with Crippen LogP contribution in [-0.2, 0) is 17.7 Å². The van der Waals surface area contributed by atoms with Crippen molar-refractivity contribution in [1.29, 1.82) is 0 Å². The average Bonchev–Trinajstić information content (AvgIpc) is 3.02. The molecule has 1 N–H and O–H groups in total. The minimum absolute atomic E-state index is 0.0557. The van der Waals surface area contributed by atoms with Gasteiger partial charge in [0.25, 0.3) is 5.91 Å². The molecular weight excluding hydrogens is 318 g/mol. The summed E-state index contributed by atoms with van der Waals surface area (Å²) in [5, 5.41) is 3.18. The number of morpholine rings is 1. The molecule has 0 radical (unpaired) electrons. The first-order chi connectivity index (χ1) is 12.2. The molecule has 4 rings (SSSR count). The van der Waals surface area contributed by atoms with Crippen LogP contribution in [0.5, 0.6) is 0 Å². The van der Waals surface area contributed by atoms with E-state index in [1.807, 2.05) is 19.1 Å². The number of aryl methyl sites for hydroxylation is 2. The van der Waals surface area contributed by atoms with Crippen LogP contribution in [0.15, 0.2) is 24.5 Å². The Morgan fingerprint density at radius 1 is 1.36 bits per heavy atom. The standard InChI is InChI=1S/C18H23N5O2/c1-13-11-23-12-14(4-5-16(23)20-13)21-18(24)15-3-2-6-19-17(15)22-7-9-25-10-8-22/h2-3,6,11,14H,4-5,7-10,12H2,1H3,(H,21,24). The van der Waals surface area contributed by atoms with Gasteiger partial charge in [0.15, 0.2) is 0 Å². The zero-order valence-electron chi connectivity index (χ0n) is 14.4. The highest BCUT2D eigenvalue weighted by molar-refractivity contribution is 5.99. The summed E-state index contributed by atoms with van der Waals surface area (Å²) >= 11 is 0. The molecular formula is C18H23N5O2. The van der Waals surface area contributed by atoms with E-state index in [1.165, 1.54) is 0 Å². The molecule has 0 spiro atoms. The minimum Gasteiger partial charge on any atom is -0.378 e. The smallest absolute Gasteiger partial charge is 0.255 e. The lowest BCUT2D eigenvalue weighted by molar-refractivity contribution is 0.0925. The normalized spacial score (nSPS) is 20.2. The van der Waals surface area contributed by atoms with Crippen LogP contribution in [0.3, 0.4) is 0 Å². The second-order valence-electron chi connectivity index (χ2n) is 6.63. The number of nitrogens with one attached hydrogen (secondary N) is 1. The summed E-state index contributed by atoms with van der Waals surface area (Å²) < 4.78 is 7.55. The monoisotopic (exact) mass is 341 g/mol. The molecule has 0 bridgehead atoms. The molecule has 1 unspecified atom stereocenters. The number of hydrogen-bond donors (Lipinski definition) is 1. The Morgan fingerprint density at radius 2 is 2.20 bits per heavy atom. The van der Waals surface area contributed by atoms with Crippen LogP contribution in [-0.4, -0.2) is 52.8 Å². The fraction of sp³-hybridized carbons (Fsp3) is 0.500. The highest BCUT2D eigenvalue weighted by atomic mass is 16.5. The molecule has 1 atom stereocenters. The molecule has 0 aliphatic carbocycles. The quantitative estimate of drug-likeness (QED) is 0.907. The molecule has 7 nitrogen and oxygen atoms in total. The van der Waals surface area contributed by atoms with Gasteiger partial charge in [0.1, 0.15) is 11.6 Å². The van der Waals surface area contributed by atoms with E-state index in [4.69, 9.17) is 4.74 Å². The Kier molecular flexibility index (Phi) is 4.40. The van der Waals surface area contributed by atoms with Crippen molar-refractivity contribution in [3.8, 4) is 0 Å². The molecule has 1 amide bonds. The van der Waals surface area contributed by atoms with Crippen molar-refractivity contribution < 1.29 is 9.53 Å². The Bertz CT molecular complexity index is 767. The number of imidazole rings is 1. The third-order valence-electron chi connectivity index (χ3n) is 4.79. The summed E-state index contributed by atoms with van der Waals surface area (Å²) in [6.45, 7) is 5.64. The molecule has 0 saturated carbocycles. The van der Waals surface area contributed by atoms with Gasteiger partial charge in [-0.25, -0.2) is 9.97 Å². The van der Waals surface area contributed by atoms with Crippen LogP contribution in [0.25, 0.3) is 0 Å². The number of carbonyl (C=O) groups excluding carboxylic acids is 1. The number of aromatic nitrogens is 3. The first kappa shape index (κ1) is 16.1. The third kappa shape index (κ3) is 3.37. The van der Waals surface area contributed by atoms with Crippen molar-refractivity contribution in [3.63, 3.8) is 0 Å². The molecule has 4 heterocycles. The van der Waals surface area contributed by atoms with Gasteiger partial charge in [0, 0.05) is 44.5 Å². The fourth-order valence-electron chi connectivity index (χ4n) is 3.57. The minimum atomic E-state index is -0.0557. The molecule has 132 valence electrons. The Morgan fingerprint density at radius 3 is 3.04 bits per heavy atom. The molecule has 1 saturated heterocycles. The highest BCUT2D eigenvalue weighted by Crippen LogP contribution is 2.20. The first-order valence-corrected chi connectivity index (χ1v) is 8.82. The summed E-state index contributed by atoms with van der Waals surface area (Å²) in [6.07, 6.45) is 5.59. The number of hydrogen-bond acceptors (Lipinski definition) is 5. The number of ether oxygens (including phenoxy) is 1. The largest absolute Gasteiger partial charge is 0.378 e. The Balaban J connectivity index is 1.48. The summed E-state index contributed by atoms with van der Waals surface area (Å²) in [5.41, 5.74) is 1.67. The van der Waals surface area contributed by atoms with E-state index in [2.05, 4.69) is 30.9 Å². The maximum atomic E-state index is 12.9. The van der Waals surface area contributed by atoms with Crippen molar-refractivity contribution in [3.05, 3.63) is 41.6 Å². The average molecular weight is 341 g/mol. The van der Waals surface area contributed by atoms with E-state index < -0.39 is 0 Å². The van der Waals surface area contributed by atoms with Crippen LogP contribution < -0.4 is 10.2 Å². The molecule has 0 aromatic carbocycles. The van der Waals surface area contributed by atoms with Crippen LogP contribution in [0.1, 0.15) is 28.3 Å². The van der Waals surface area contributed by atoms with Crippen LogP contribution in [0, 0.1) is 6.92 Å². The molecule has 2 aliphatic rings. The zero-order valence-corrected chi connectivity index (χ0v) is 14.4. The van der Waals surface area contributed by atoms with Gasteiger partial charge in [-0.05, 0) is 25.5 Å². The van der Waals surface area contributed by atoms with E-state index in [1.54, 1.807) is 6.20 Å². The number of nitrogens with zero attached hydrogens (tertiary/aromatic N) is 4. The number of carbonyl (C=O) groups is 1.